The number of carbonyl (C=O) groups excluding carboxylic acids is 1. The number of phenolic OH excluding ortho intramolecular Hbond substituents is 1. The third kappa shape index (κ3) is 3.58. The fraction of sp³-hybridized carbons (Fsp3) is 0.308. The zero-order valence-electron chi connectivity index (χ0n) is 17.1. The lowest BCUT2D eigenvalue weighted by molar-refractivity contribution is -0.131. The lowest BCUT2D eigenvalue weighted by Crippen LogP contribution is -2.28. The van der Waals surface area contributed by atoms with E-state index in [0.29, 0.717) is 6.42 Å². The van der Waals surface area contributed by atoms with E-state index in [2.05, 4.69) is 6.92 Å². The Balaban J connectivity index is 1.86. The monoisotopic (exact) mass is 402 g/mol. The number of ketones is 1. The maximum Gasteiger partial charge on any atom is 0.328 e. The Kier molecular flexibility index (Phi) is 5.33. The van der Waals surface area contributed by atoms with Gasteiger partial charge in [0.25, 0.3) is 0 Å². The highest BCUT2D eigenvalue weighted by Gasteiger charge is 2.46. The Bertz CT molecular complexity index is 1060. The predicted octanol–water partition coefficient (Wildman–Crippen LogP) is 5.50. The molecule has 4 heteroatoms. The molecule has 0 aliphatic heterocycles. The molecule has 0 radical (unpaired) electrons. The number of carboxylic acids is 1. The van der Waals surface area contributed by atoms with Gasteiger partial charge in [-0.15, -0.1) is 0 Å². The highest BCUT2D eigenvalue weighted by atomic mass is 16.4. The number of unbranched alkanes of at least 4 members (excludes halogenated alkanes) is 1. The van der Waals surface area contributed by atoms with Gasteiger partial charge in [0.05, 0.1) is 0 Å². The summed E-state index contributed by atoms with van der Waals surface area (Å²) in [6, 6.07) is 13.0. The van der Waals surface area contributed by atoms with Gasteiger partial charge in [0.1, 0.15) is 5.75 Å². The molecule has 0 spiro atoms. The van der Waals surface area contributed by atoms with Crippen LogP contribution in [0, 0.1) is 5.41 Å². The Hall–Kier alpha value is -3.14. The summed E-state index contributed by atoms with van der Waals surface area (Å²) in [6.07, 6.45) is 8.13. The number of phenols is 1. The Morgan fingerprint density at radius 3 is 2.63 bits per heavy atom. The van der Waals surface area contributed by atoms with Crippen LogP contribution in [0.5, 0.6) is 5.75 Å². The first-order valence-corrected chi connectivity index (χ1v) is 10.6. The van der Waals surface area contributed by atoms with Gasteiger partial charge in [-0.05, 0) is 65.3 Å². The minimum atomic E-state index is -0.988. The van der Waals surface area contributed by atoms with Crippen molar-refractivity contribution in [1.82, 2.24) is 0 Å². The molecule has 0 fully saturated rings. The van der Waals surface area contributed by atoms with Gasteiger partial charge in [-0.3, -0.25) is 4.79 Å². The lowest BCUT2D eigenvalue weighted by atomic mass is 9.66. The summed E-state index contributed by atoms with van der Waals surface area (Å²) >= 11 is 0. The molecule has 2 aromatic rings. The summed E-state index contributed by atoms with van der Waals surface area (Å²) in [5, 5.41) is 18.8. The van der Waals surface area contributed by atoms with E-state index in [9.17, 15) is 14.7 Å². The summed E-state index contributed by atoms with van der Waals surface area (Å²) < 4.78 is 0. The standard InChI is InChI=1S/C26H26O4/c1-2-3-13-26-14-12-22(28)24(18-7-4-17(5-8-18)6-11-23(29)30)25(26)21-10-9-20(27)15-19(21)16-26/h4-11,15,27H,2-3,12-14,16H2,1H3,(H,29,30)/b11-6+. The average Bonchev–Trinajstić information content (AvgIpc) is 3.05. The number of rotatable bonds is 6. The van der Waals surface area contributed by atoms with Crippen molar-refractivity contribution in [3.05, 3.63) is 70.8 Å². The molecule has 2 aromatic carbocycles. The predicted molar refractivity (Wildman–Crippen MR) is 118 cm³/mol. The number of hydrogen-bond acceptors (Lipinski definition) is 3. The van der Waals surface area contributed by atoms with Gasteiger partial charge in [0.15, 0.2) is 5.78 Å². The fourth-order valence-electron chi connectivity index (χ4n) is 5.03. The molecule has 2 aliphatic rings. The van der Waals surface area contributed by atoms with Gasteiger partial charge in [-0.2, -0.15) is 0 Å². The molecule has 4 nitrogen and oxygen atoms in total. The van der Waals surface area contributed by atoms with Crippen LogP contribution in [0.15, 0.2) is 48.5 Å². The van der Waals surface area contributed by atoms with Crippen molar-refractivity contribution in [2.24, 2.45) is 5.41 Å². The summed E-state index contributed by atoms with van der Waals surface area (Å²) in [7, 11) is 0. The Labute approximate surface area is 176 Å². The topological polar surface area (TPSA) is 74.6 Å². The van der Waals surface area contributed by atoms with Crippen LogP contribution in [0.1, 0.15) is 61.3 Å². The smallest absolute Gasteiger partial charge is 0.328 e. The van der Waals surface area contributed by atoms with Crippen LogP contribution >= 0.6 is 0 Å². The van der Waals surface area contributed by atoms with Gasteiger partial charge in [-0.1, -0.05) is 50.1 Å². The molecule has 1 atom stereocenters. The maximum atomic E-state index is 13.1. The number of benzene rings is 2. The second-order valence-corrected chi connectivity index (χ2v) is 8.37. The molecular weight excluding hydrogens is 376 g/mol. The van der Waals surface area contributed by atoms with Crippen LogP contribution in [-0.4, -0.2) is 22.0 Å². The van der Waals surface area contributed by atoms with Gasteiger partial charge < -0.3 is 10.2 Å². The van der Waals surface area contributed by atoms with E-state index in [1.54, 1.807) is 12.1 Å². The van der Waals surface area contributed by atoms with Crippen molar-refractivity contribution in [3.63, 3.8) is 0 Å². The van der Waals surface area contributed by atoms with Crippen LogP contribution in [0.25, 0.3) is 17.2 Å². The van der Waals surface area contributed by atoms with E-state index < -0.39 is 5.97 Å². The Morgan fingerprint density at radius 1 is 1.17 bits per heavy atom. The van der Waals surface area contributed by atoms with Gasteiger partial charge in [-0.25, -0.2) is 4.79 Å². The fourth-order valence-corrected chi connectivity index (χ4v) is 5.03. The van der Waals surface area contributed by atoms with E-state index in [0.717, 1.165) is 71.6 Å². The second kappa shape index (κ2) is 7.94. The summed E-state index contributed by atoms with van der Waals surface area (Å²) in [5.74, 6) is -0.564. The molecule has 2 N–H and O–H groups in total. The third-order valence-electron chi connectivity index (χ3n) is 6.40. The van der Waals surface area contributed by atoms with Crippen molar-refractivity contribution in [1.29, 1.82) is 0 Å². The van der Waals surface area contributed by atoms with Crippen LogP contribution in [-0.2, 0) is 16.0 Å². The quantitative estimate of drug-likeness (QED) is 0.626. The number of fused-ring (bicyclic) bond motifs is 3. The number of aromatic hydroxyl groups is 1. The second-order valence-electron chi connectivity index (χ2n) is 8.37. The van der Waals surface area contributed by atoms with E-state index in [-0.39, 0.29) is 16.9 Å². The van der Waals surface area contributed by atoms with Crippen molar-refractivity contribution in [3.8, 4) is 5.75 Å². The SMILES string of the molecule is CCCCC12CCC(=O)C(c3ccc(/C=C/C(=O)O)cc3)=C1c1ccc(O)cc1C2. The first kappa shape index (κ1) is 20.1. The van der Waals surface area contributed by atoms with Gasteiger partial charge in [0.2, 0.25) is 0 Å². The molecule has 0 amide bonds. The molecule has 2 aliphatic carbocycles. The zero-order chi connectivity index (χ0) is 21.3. The molecule has 0 bridgehead atoms. The van der Waals surface area contributed by atoms with Gasteiger partial charge >= 0.3 is 5.97 Å². The molecule has 0 heterocycles. The Morgan fingerprint density at radius 2 is 1.93 bits per heavy atom. The lowest BCUT2D eigenvalue weighted by Gasteiger charge is -2.36. The summed E-state index contributed by atoms with van der Waals surface area (Å²) in [5.41, 5.74) is 5.73. The van der Waals surface area contributed by atoms with Crippen molar-refractivity contribution in [2.75, 3.05) is 0 Å². The van der Waals surface area contributed by atoms with E-state index >= 15 is 0 Å². The molecule has 0 saturated carbocycles. The molecule has 0 saturated heterocycles. The van der Waals surface area contributed by atoms with Crippen molar-refractivity contribution in [2.45, 2.75) is 45.4 Å². The van der Waals surface area contributed by atoms with E-state index in [1.807, 2.05) is 36.4 Å². The van der Waals surface area contributed by atoms with Crippen LogP contribution in [0.4, 0.5) is 0 Å². The van der Waals surface area contributed by atoms with Crippen LogP contribution < -0.4 is 0 Å². The largest absolute Gasteiger partial charge is 0.508 e. The van der Waals surface area contributed by atoms with Crippen LogP contribution in [0.2, 0.25) is 0 Å². The van der Waals surface area contributed by atoms with E-state index in [4.69, 9.17) is 5.11 Å². The first-order valence-electron chi connectivity index (χ1n) is 10.6. The molecule has 154 valence electrons. The minimum Gasteiger partial charge on any atom is -0.508 e. The number of allylic oxidation sites excluding steroid dienone is 2. The molecule has 4 rings (SSSR count). The normalized spacial score (nSPS) is 20.5. The summed E-state index contributed by atoms with van der Waals surface area (Å²) in [6.45, 7) is 2.19. The van der Waals surface area contributed by atoms with Crippen LogP contribution in [0.3, 0.4) is 0 Å². The molecule has 0 aromatic heterocycles. The number of aliphatic carboxylic acids is 1. The molecule has 30 heavy (non-hydrogen) atoms. The minimum absolute atomic E-state index is 0.0583. The number of carbonyl (C=O) groups is 2. The number of Topliss-reactive ketones (excluding diaryl/α,β-unsaturated/α-hetero) is 1. The average molecular weight is 402 g/mol. The summed E-state index contributed by atoms with van der Waals surface area (Å²) in [4.78, 5) is 23.9. The van der Waals surface area contributed by atoms with Crippen molar-refractivity contribution < 1.29 is 19.8 Å². The van der Waals surface area contributed by atoms with Crippen molar-refractivity contribution >= 4 is 29.0 Å². The first-order chi connectivity index (χ1) is 14.4. The van der Waals surface area contributed by atoms with Gasteiger partial charge in [0, 0.05) is 23.5 Å². The molecular formula is C26H26O4. The number of hydrogen-bond donors (Lipinski definition) is 2. The number of carboxylic acid groups (broad SMARTS) is 1. The maximum absolute atomic E-state index is 13.1. The highest BCUT2D eigenvalue weighted by Crippen LogP contribution is 2.58. The van der Waals surface area contributed by atoms with E-state index in [1.165, 1.54) is 0 Å². The third-order valence-corrected chi connectivity index (χ3v) is 6.40. The highest BCUT2D eigenvalue weighted by molar-refractivity contribution is 6.30. The molecule has 1 unspecified atom stereocenters. The zero-order valence-corrected chi connectivity index (χ0v) is 17.1.